The van der Waals surface area contributed by atoms with Gasteiger partial charge in [0.05, 0.1) is 18.4 Å². The van der Waals surface area contributed by atoms with Crippen LogP contribution in [0.25, 0.3) is 0 Å². The molecular weight excluding hydrogens is 460 g/mol. The van der Waals surface area contributed by atoms with Crippen LogP contribution < -0.4 is 10.1 Å². The second-order valence-electron chi connectivity index (χ2n) is 7.91. The first kappa shape index (κ1) is 23.3. The van der Waals surface area contributed by atoms with Crippen molar-refractivity contribution in [2.75, 3.05) is 18.2 Å². The Kier molecular flexibility index (Phi) is 7.04. The van der Waals surface area contributed by atoms with Crippen LogP contribution in [0, 0.1) is 13.8 Å². The van der Waals surface area contributed by atoms with Gasteiger partial charge in [0, 0.05) is 11.9 Å². The van der Waals surface area contributed by atoms with Crippen LogP contribution in [0.5, 0.6) is 5.75 Å². The predicted molar refractivity (Wildman–Crippen MR) is 128 cm³/mol. The lowest BCUT2D eigenvalue weighted by Gasteiger charge is -2.10. The van der Waals surface area contributed by atoms with E-state index < -0.39 is 5.97 Å². The van der Waals surface area contributed by atoms with Crippen LogP contribution in [0.1, 0.15) is 44.2 Å². The highest BCUT2D eigenvalue weighted by atomic mass is 32.2. The lowest BCUT2D eigenvalue weighted by atomic mass is 10.1. The Balaban J connectivity index is 1.36. The van der Waals surface area contributed by atoms with E-state index >= 15 is 0 Å². The molecule has 8 nitrogen and oxygen atoms in total. The van der Waals surface area contributed by atoms with Gasteiger partial charge in [-0.3, -0.25) is 4.79 Å². The van der Waals surface area contributed by atoms with Gasteiger partial charge in [-0.05, 0) is 55.9 Å². The molecule has 0 unspecified atom stereocenters. The maximum Gasteiger partial charge on any atom is 0.341 e. The van der Waals surface area contributed by atoms with Gasteiger partial charge in [-0.1, -0.05) is 23.9 Å². The zero-order chi connectivity index (χ0) is 23.5. The normalized spacial score (nSPS) is 12.5. The van der Waals surface area contributed by atoms with E-state index in [-0.39, 0.29) is 18.3 Å². The Hall–Kier alpha value is -2.85. The number of rotatable bonds is 8. The summed E-state index contributed by atoms with van der Waals surface area (Å²) < 4.78 is 12.7. The fourth-order valence-electron chi connectivity index (χ4n) is 3.70. The largest absolute Gasteiger partial charge is 0.485 e. The number of methoxy groups -OCH3 is 1. The second kappa shape index (κ2) is 9.96. The Labute approximate surface area is 200 Å². The number of thioether (sulfide) groups is 1. The molecule has 0 bridgehead atoms. The zero-order valence-corrected chi connectivity index (χ0v) is 20.7. The Morgan fingerprint density at radius 3 is 2.85 bits per heavy atom. The Morgan fingerprint density at radius 2 is 2.06 bits per heavy atom. The minimum absolute atomic E-state index is 0.146. The first-order chi connectivity index (χ1) is 15.9. The number of anilines is 1. The van der Waals surface area contributed by atoms with Crippen molar-refractivity contribution < 1.29 is 19.1 Å². The molecule has 10 heteroatoms. The lowest BCUT2D eigenvalue weighted by molar-refractivity contribution is -0.113. The average molecular weight is 487 g/mol. The number of aryl methyl sites for hydroxylation is 3. The fourth-order valence-corrected chi connectivity index (χ4v) is 5.73. The number of benzene rings is 1. The number of carbonyl (C=O) groups excluding carboxylic acids is 2. The summed E-state index contributed by atoms with van der Waals surface area (Å²) in [4.78, 5) is 26.0. The SMILES string of the molecule is COC(=O)c1c(NC(=O)CSc2nnc(COc3cc(C)ccc3C)n2C)sc2c1CCC2. The van der Waals surface area contributed by atoms with E-state index in [0.717, 1.165) is 46.6 Å². The molecule has 0 fully saturated rings. The molecule has 1 amide bonds. The fraction of sp³-hybridized carbons (Fsp3) is 0.391. The molecule has 0 saturated carbocycles. The van der Waals surface area contributed by atoms with Gasteiger partial charge in [0.15, 0.2) is 11.0 Å². The minimum Gasteiger partial charge on any atom is -0.485 e. The average Bonchev–Trinajstić information content (AvgIpc) is 3.47. The minimum atomic E-state index is -0.404. The quantitative estimate of drug-likeness (QED) is 0.379. The zero-order valence-electron chi connectivity index (χ0n) is 19.1. The van der Waals surface area contributed by atoms with Crippen LogP contribution in [0.15, 0.2) is 23.4 Å². The van der Waals surface area contributed by atoms with Gasteiger partial charge in [-0.15, -0.1) is 21.5 Å². The van der Waals surface area contributed by atoms with E-state index in [1.54, 1.807) is 0 Å². The smallest absolute Gasteiger partial charge is 0.341 e. The summed E-state index contributed by atoms with van der Waals surface area (Å²) in [6.07, 6.45) is 2.80. The van der Waals surface area contributed by atoms with E-state index in [1.165, 1.54) is 30.2 Å². The van der Waals surface area contributed by atoms with Gasteiger partial charge in [-0.25, -0.2) is 4.79 Å². The molecule has 4 rings (SSSR count). The van der Waals surface area contributed by atoms with Gasteiger partial charge in [0.25, 0.3) is 0 Å². The molecular formula is C23H26N4O4S2. The summed E-state index contributed by atoms with van der Waals surface area (Å²) in [7, 11) is 3.21. The number of ether oxygens (including phenoxy) is 2. The lowest BCUT2D eigenvalue weighted by Crippen LogP contribution is -2.16. The predicted octanol–water partition coefficient (Wildman–Crippen LogP) is 4.08. The van der Waals surface area contributed by atoms with Crippen molar-refractivity contribution in [3.63, 3.8) is 0 Å². The van der Waals surface area contributed by atoms with Crippen LogP contribution in [-0.4, -0.2) is 39.5 Å². The molecule has 174 valence electrons. The van der Waals surface area contributed by atoms with Crippen molar-refractivity contribution in [2.24, 2.45) is 7.05 Å². The molecule has 3 aromatic rings. The van der Waals surface area contributed by atoms with Crippen LogP contribution in [-0.2, 0) is 36.0 Å². The van der Waals surface area contributed by atoms with Crippen molar-refractivity contribution in [1.82, 2.24) is 14.8 Å². The highest BCUT2D eigenvalue weighted by Gasteiger charge is 2.28. The van der Waals surface area contributed by atoms with E-state index in [0.29, 0.717) is 21.5 Å². The summed E-state index contributed by atoms with van der Waals surface area (Å²) in [5.74, 6) is 1.02. The number of hydrogen-bond acceptors (Lipinski definition) is 8. The number of thiophene rings is 1. The molecule has 1 aliphatic carbocycles. The molecule has 1 aromatic carbocycles. The summed E-state index contributed by atoms with van der Waals surface area (Å²) in [6.45, 7) is 4.30. The van der Waals surface area contributed by atoms with E-state index in [4.69, 9.17) is 9.47 Å². The number of hydrogen-bond donors (Lipinski definition) is 1. The number of nitrogens with one attached hydrogen (secondary N) is 1. The molecule has 0 atom stereocenters. The number of esters is 1. The Morgan fingerprint density at radius 1 is 1.24 bits per heavy atom. The third-order valence-electron chi connectivity index (χ3n) is 5.52. The number of fused-ring (bicyclic) bond motifs is 1. The first-order valence-corrected chi connectivity index (χ1v) is 12.4. The third kappa shape index (κ3) is 5.06. The highest BCUT2D eigenvalue weighted by Crippen LogP contribution is 2.39. The summed E-state index contributed by atoms with van der Waals surface area (Å²) in [5.41, 5.74) is 3.69. The van der Waals surface area contributed by atoms with Crippen molar-refractivity contribution in [1.29, 1.82) is 0 Å². The van der Waals surface area contributed by atoms with Gasteiger partial charge in [-0.2, -0.15) is 0 Å². The standard InChI is InChI=1S/C23H26N4O4S2/c1-13-8-9-14(2)16(10-13)31-11-18-25-26-23(27(18)3)32-12-19(28)24-21-20(22(29)30-4)15-6-5-7-17(15)33-21/h8-10H,5-7,11-12H2,1-4H3,(H,24,28). The van der Waals surface area contributed by atoms with Crippen LogP contribution in [0.4, 0.5) is 5.00 Å². The van der Waals surface area contributed by atoms with Gasteiger partial charge in [0.2, 0.25) is 5.91 Å². The van der Waals surface area contributed by atoms with E-state index in [2.05, 4.69) is 15.5 Å². The Bertz CT molecular complexity index is 1200. The first-order valence-electron chi connectivity index (χ1n) is 10.6. The highest BCUT2D eigenvalue weighted by molar-refractivity contribution is 7.99. The van der Waals surface area contributed by atoms with Crippen LogP contribution in [0.3, 0.4) is 0 Å². The van der Waals surface area contributed by atoms with Crippen molar-refractivity contribution >= 4 is 40.0 Å². The monoisotopic (exact) mass is 486 g/mol. The van der Waals surface area contributed by atoms with Crippen molar-refractivity contribution in [3.8, 4) is 5.75 Å². The molecule has 0 aliphatic heterocycles. The second-order valence-corrected chi connectivity index (χ2v) is 9.95. The van der Waals surface area contributed by atoms with Gasteiger partial charge in [0.1, 0.15) is 17.4 Å². The molecule has 1 N–H and O–H groups in total. The number of aromatic nitrogens is 3. The topological polar surface area (TPSA) is 95.3 Å². The number of nitrogens with zero attached hydrogens (tertiary/aromatic N) is 3. The summed E-state index contributed by atoms with van der Waals surface area (Å²) in [6, 6.07) is 6.06. The summed E-state index contributed by atoms with van der Waals surface area (Å²) in [5, 5.41) is 12.5. The number of carbonyl (C=O) groups is 2. The third-order valence-corrected chi connectivity index (χ3v) is 7.75. The molecule has 2 heterocycles. The molecule has 0 spiro atoms. The molecule has 1 aliphatic rings. The molecule has 33 heavy (non-hydrogen) atoms. The molecule has 0 radical (unpaired) electrons. The van der Waals surface area contributed by atoms with Crippen LogP contribution >= 0.6 is 23.1 Å². The molecule has 2 aromatic heterocycles. The van der Waals surface area contributed by atoms with E-state index in [1.807, 2.05) is 43.7 Å². The van der Waals surface area contributed by atoms with Gasteiger partial charge >= 0.3 is 5.97 Å². The van der Waals surface area contributed by atoms with Crippen LogP contribution in [0.2, 0.25) is 0 Å². The van der Waals surface area contributed by atoms with Gasteiger partial charge < -0.3 is 19.4 Å². The van der Waals surface area contributed by atoms with Crippen molar-refractivity contribution in [3.05, 3.63) is 51.2 Å². The van der Waals surface area contributed by atoms with E-state index in [9.17, 15) is 9.59 Å². The maximum atomic E-state index is 12.6. The summed E-state index contributed by atoms with van der Waals surface area (Å²) >= 11 is 2.75. The maximum absolute atomic E-state index is 12.6. The van der Waals surface area contributed by atoms with Crippen molar-refractivity contribution in [2.45, 2.75) is 44.9 Å². The number of amides is 1. The molecule has 0 saturated heterocycles.